The molecule has 1 heterocycles. The Labute approximate surface area is 230 Å². The number of rotatable bonds is 10. The molecule has 0 saturated heterocycles. The van der Waals surface area contributed by atoms with Gasteiger partial charge in [-0.25, -0.2) is 15.0 Å². The molecule has 14 nitrogen and oxygen atoms in total. The smallest absolute Gasteiger partial charge is 0.338 e. The molecule has 15 heteroatoms. The fourth-order valence-corrected chi connectivity index (χ4v) is 4.06. The van der Waals surface area contributed by atoms with Crippen molar-refractivity contribution in [2.75, 3.05) is 20.3 Å². The zero-order chi connectivity index (χ0) is 28.7. The van der Waals surface area contributed by atoms with Crippen LogP contribution in [-0.4, -0.2) is 54.5 Å². The maximum Gasteiger partial charge on any atom is 0.338 e. The monoisotopic (exact) mass is 605 g/mol. The predicted octanol–water partition coefficient (Wildman–Crippen LogP) is 2.79. The van der Waals surface area contributed by atoms with Gasteiger partial charge in [-0.3, -0.25) is 14.9 Å². The SMILES string of the molecule is CCOC(=O)C1=C(C)NC(=O)N[C@H]1c1ccc(OCC(=O)N/N=C/c2cc(Br)cc([N+](=O)[O-])c2O)c(OC)c1. The second kappa shape index (κ2) is 12.7. The van der Waals surface area contributed by atoms with E-state index in [1.54, 1.807) is 26.0 Å². The maximum atomic E-state index is 12.5. The topological polar surface area (TPSA) is 191 Å². The van der Waals surface area contributed by atoms with Gasteiger partial charge >= 0.3 is 17.7 Å². The van der Waals surface area contributed by atoms with Gasteiger partial charge in [-0.1, -0.05) is 22.0 Å². The van der Waals surface area contributed by atoms with Crippen LogP contribution in [0.5, 0.6) is 17.2 Å². The first-order chi connectivity index (χ1) is 18.5. The van der Waals surface area contributed by atoms with E-state index in [1.165, 1.54) is 19.2 Å². The Morgan fingerprint density at radius 1 is 1.28 bits per heavy atom. The average molecular weight is 606 g/mol. The molecule has 0 aliphatic carbocycles. The number of amides is 3. The Balaban J connectivity index is 1.70. The van der Waals surface area contributed by atoms with Crippen LogP contribution in [-0.2, 0) is 14.3 Å². The number of phenols is 1. The number of hydrogen-bond acceptors (Lipinski definition) is 10. The molecule has 0 unspecified atom stereocenters. The number of nitrogens with zero attached hydrogens (tertiary/aromatic N) is 2. The highest BCUT2D eigenvalue weighted by Crippen LogP contribution is 2.35. The van der Waals surface area contributed by atoms with Crippen molar-refractivity contribution in [2.24, 2.45) is 5.10 Å². The molecule has 206 valence electrons. The summed E-state index contributed by atoms with van der Waals surface area (Å²) in [5, 5.41) is 30.0. The number of hydrazone groups is 1. The third-order valence-corrected chi connectivity index (χ3v) is 5.78. The van der Waals surface area contributed by atoms with E-state index >= 15 is 0 Å². The molecule has 1 atom stereocenters. The van der Waals surface area contributed by atoms with E-state index in [4.69, 9.17) is 14.2 Å². The normalized spacial score (nSPS) is 14.9. The molecule has 1 aliphatic heterocycles. The van der Waals surface area contributed by atoms with Crippen molar-refractivity contribution in [1.82, 2.24) is 16.1 Å². The number of halogens is 1. The number of aromatic hydroxyl groups is 1. The van der Waals surface area contributed by atoms with E-state index in [0.717, 1.165) is 12.3 Å². The van der Waals surface area contributed by atoms with Crippen LogP contribution in [0, 0.1) is 10.1 Å². The number of phenolic OH excluding ortho intramolecular Hbond substituents is 1. The first-order valence-corrected chi connectivity index (χ1v) is 12.1. The number of benzene rings is 2. The summed E-state index contributed by atoms with van der Waals surface area (Å²) in [6.45, 7) is 2.94. The van der Waals surface area contributed by atoms with Crippen molar-refractivity contribution in [3.8, 4) is 17.2 Å². The molecule has 0 aromatic heterocycles. The van der Waals surface area contributed by atoms with Crippen molar-refractivity contribution in [1.29, 1.82) is 0 Å². The molecule has 0 bridgehead atoms. The number of ether oxygens (including phenoxy) is 3. The number of esters is 1. The van der Waals surface area contributed by atoms with Gasteiger partial charge in [0.15, 0.2) is 18.1 Å². The van der Waals surface area contributed by atoms with E-state index in [9.17, 15) is 29.6 Å². The van der Waals surface area contributed by atoms with Crippen LogP contribution in [0.2, 0.25) is 0 Å². The Morgan fingerprint density at radius 3 is 2.69 bits per heavy atom. The zero-order valence-electron chi connectivity index (χ0n) is 20.9. The van der Waals surface area contributed by atoms with Crippen LogP contribution in [0.1, 0.15) is 31.0 Å². The van der Waals surface area contributed by atoms with E-state index < -0.39 is 46.9 Å². The van der Waals surface area contributed by atoms with Gasteiger partial charge in [0.1, 0.15) is 0 Å². The van der Waals surface area contributed by atoms with Crippen molar-refractivity contribution < 1.29 is 38.6 Å². The van der Waals surface area contributed by atoms with Gasteiger partial charge in [0.25, 0.3) is 5.91 Å². The zero-order valence-corrected chi connectivity index (χ0v) is 22.5. The van der Waals surface area contributed by atoms with Crippen molar-refractivity contribution in [2.45, 2.75) is 19.9 Å². The number of carbonyl (C=O) groups is 3. The lowest BCUT2D eigenvalue weighted by atomic mass is 9.95. The molecule has 1 aliphatic rings. The quantitative estimate of drug-likeness (QED) is 0.136. The van der Waals surface area contributed by atoms with Crippen LogP contribution in [0.4, 0.5) is 10.5 Å². The van der Waals surface area contributed by atoms with Crippen LogP contribution >= 0.6 is 15.9 Å². The van der Waals surface area contributed by atoms with E-state index in [-0.39, 0.29) is 29.2 Å². The highest BCUT2D eigenvalue weighted by Gasteiger charge is 2.32. The van der Waals surface area contributed by atoms with Crippen molar-refractivity contribution >= 4 is 45.7 Å². The number of urea groups is 1. The molecule has 3 rings (SSSR count). The molecule has 0 spiro atoms. The summed E-state index contributed by atoms with van der Waals surface area (Å²) in [6.07, 6.45) is 1.05. The largest absolute Gasteiger partial charge is 0.502 e. The summed E-state index contributed by atoms with van der Waals surface area (Å²) in [6, 6.07) is 5.87. The van der Waals surface area contributed by atoms with Crippen molar-refractivity contribution in [3.05, 3.63) is 67.3 Å². The number of methoxy groups -OCH3 is 1. The van der Waals surface area contributed by atoms with Gasteiger partial charge in [-0.15, -0.1) is 0 Å². The summed E-state index contributed by atoms with van der Waals surface area (Å²) in [5.41, 5.74) is 2.76. The van der Waals surface area contributed by atoms with Crippen LogP contribution in [0.25, 0.3) is 0 Å². The molecule has 0 saturated carbocycles. The minimum Gasteiger partial charge on any atom is -0.502 e. The third kappa shape index (κ3) is 7.01. The summed E-state index contributed by atoms with van der Waals surface area (Å²) in [4.78, 5) is 47.1. The van der Waals surface area contributed by atoms with E-state index in [1.807, 2.05) is 0 Å². The van der Waals surface area contributed by atoms with E-state index in [2.05, 4.69) is 37.1 Å². The first kappa shape index (κ1) is 28.9. The van der Waals surface area contributed by atoms with Gasteiger partial charge in [0, 0.05) is 21.8 Å². The number of allylic oxidation sites excluding steroid dienone is 1. The lowest BCUT2D eigenvalue weighted by Crippen LogP contribution is -2.45. The van der Waals surface area contributed by atoms with Crippen LogP contribution in [0.15, 0.2) is 51.2 Å². The second-order valence-corrected chi connectivity index (χ2v) is 8.82. The minimum absolute atomic E-state index is 0.00558. The molecule has 0 fully saturated rings. The Hall–Kier alpha value is -4.66. The second-order valence-electron chi connectivity index (χ2n) is 7.90. The summed E-state index contributed by atoms with van der Waals surface area (Å²) < 4.78 is 16.4. The number of carbonyl (C=O) groups excluding carboxylic acids is 3. The summed E-state index contributed by atoms with van der Waals surface area (Å²) in [5.74, 6) is -1.45. The summed E-state index contributed by atoms with van der Waals surface area (Å²) >= 11 is 3.11. The standard InChI is InChI=1S/C24H24BrN5O9/c1-4-38-23(33)20-12(2)27-24(34)28-21(20)13-5-6-17(18(8-13)37-3)39-11-19(31)29-26-10-14-7-15(25)9-16(22(14)32)30(35)36/h5-10,21,32H,4,11H2,1-3H3,(H,29,31)(H2,27,28,34)/b26-10+/t21-/m0/s1. The number of nitro groups is 1. The lowest BCUT2D eigenvalue weighted by molar-refractivity contribution is -0.385. The highest BCUT2D eigenvalue weighted by atomic mass is 79.9. The minimum atomic E-state index is -0.816. The Morgan fingerprint density at radius 2 is 2.03 bits per heavy atom. The fourth-order valence-electron chi connectivity index (χ4n) is 3.60. The van der Waals surface area contributed by atoms with E-state index in [0.29, 0.717) is 15.7 Å². The third-order valence-electron chi connectivity index (χ3n) is 5.32. The number of hydrogen-bond donors (Lipinski definition) is 4. The molecule has 3 amide bonds. The predicted molar refractivity (Wildman–Crippen MR) is 140 cm³/mol. The molecule has 2 aromatic carbocycles. The lowest BCUT2D eigenvalue weighted by Gasteiger charge is -2.28. The molecular formula is C24H24BrN5O9. The van der Waals surface area contributed by atoms with Gasteiger partial charge in [0.05, 0.1) is 36.5 Å². The Bertz CT molecular complexity index is 1380. The number of nitrogens with one attached hydrogen (secondary N) is 3. The molecule has 39 heavy (non-hydrogen) atoms. The van der Waals surface area contributed by atoms with Crippen LogP contribution < -0.4 is 25.5 Å². The molecule has 4 N–H and O–H groups in total. The average Bonchev–Trinajstić information content (AvgIpc) is 2.88. The van der Waals surface area contributed by atoms with Gasteiger partial charge in [0.2, 0.25) is 5.75 Å². The first-order valence-electron chi connectivity index (χ1n) is 11.3. The summed E-state index contributed by atoms with van der Waals surface area (Å²) in [7, 11) is 1.38. The van der Waals surface area contributed by atoms with Crippen molar-refractivity contribution in [3.63, 3.8) is 0 Å². The maximum absolute atomic E-state index is 12.5. The molecular weight excluding hydrogens is 582 g/mol. The number of nitro benzene ring substituents is 1. The van der Waals surface area contributed by atoms with Gasteiger partial charge < -0.3 is 30.0 Å². The van der Waals surface area contributed by atoms with Gasteiger partial charge in [-0.2, -0.15) is 5.10 Å². The fraction of sp³-hybridized carbons (Fsp3) is 0.250. The highest BCUT2D eigenvalue weighted by molar-refractivity contribution is 9.10. The molecule has 2 aromatic rings. The molecule has 0 radical (unpaired) electrons. The van der Waals surface area contributed by atoms with Crippen LogP contribution in [0.3, 0.4) is 0 Å². The Kier molecular flexibility index (Phi) is 9.43. The van der Waals surface area contributed by atoms with Gasteiger partial charge in [-0.05, 0) is 37.6 Å².